The van der Waals surface area contributed by atoms with Crippen LogP contribution in [0.5, 0.6) is 5.75 Å². The molecular formula is C15H15ClN2O3. The predicted octanol–water partition coefficient (Wildman–Crippen LogP) is 2.53. The average molecular weight is 307 g/mol. The molecule has 0 aliphatic heterocycles. The molecule has 0 amide bonds. The molecule has 1 heterocycles. The monoisotopic (exact) mass is 306 g/mol. The number of halogens is 1. The van der Waals surface area contributed by atoms with Crippen LogP contribution in [0.1, 0.15) is 18.9 Å². The van der Waals surface area contributed by atoms with Crippen LogP contribution in [-0.2, 0) is 11.2 Å². The van der Waals surface area contributed by atoms with Gasteiger partial charge in [-0.1, -0.05) is 12.1 Å². The number of ether oxygens (including phenoxy) is 1. The normalized spacial score (nSPS) is 10.4. The maximum Gasteiger partial charge on any atom is 0.267 e. The van der Waals surface area contributed by atoms with Gasteiger partial charge in [0, 0.05) is 17.5 Å². The molecule has 0 atom stereocenters. The predicted molar refractivity (Wildman–Crippen MR) is 80.6 cm³/mol. The number of nitrogens with zero attached hydrogens (tertiary/aromatic N) is 1. The van der Waals surface area contributed by atoms with Gasteiger partial charge in [-0.25, -0.2) is 5.10 Å². The van der Waals surface area contributed by atoms with Crippen molar-refractivity contribution in [1.29, 1.82) is 0 Å². The first-order valence-electron chi connectivity index (χ1n) is 6.61. The molecule has 6 heteroatoms. The van der Waals surface area contributed by atoms with Crippen LogP contribution in [0.3, 0.4) is 0 Å². The number of aromatic nitrogens is 2. The van der Waals surface area contributed by atoms with Gasteiger partial charge in [-0.2, -0.15) is 5.10 Å². The number of benzene rings is 1. The SMILES string of the molecule is CCOc1ccccc1-c1cc(CCC(=O)Cl)c(=O)[nH]n1. The minimum atomic E-state index is -0.470. The largest absolute Gasteiger partial charge is 0.493 e. The molecule has 5 nitrogen and oxygen atoms in total. The van der Waals surface area contributed by atoms with Gasteiger partial charge in [-0.15, -0.1) is 0 Å². The minimum absolute atomic E-state index is 0.112. The van der Waals surface area contributed by atoms with Crippen molar-refractivity contribution in [1.82, 2.24) is 10.2 Å². The lowest BCUT2D eigenvalue weighted by atomic mass is 10.1. The Labute approximate surface area is 126 Å². The molecule has 110 valence electrons. The second-order valence-corrected chi connectivity index (χ2v) is 4.81. The van der Waals surface area contributed by atoms with Crippen molar-refractivity contribution < 1.29 is 9.53 Å². The molecule has 0 aliphatic carbocycles. The summed E-state index contributed by atoms with van der Waals surface area (Å²) in [4.78, 5) is 22.6. The van der Waals surface area contributed by atoms with Crippen LogP contribution >= 0.6 is 11.6 Å². The summed E-state index contributed by atoms with van der Waals surface area (Å²) >= 11 is 5.32. The van der Waals surface area contributed by atoms with Crippen LogP contribution in [0.4, 0.5) is 0 Å². The highest BCUT2D eigenvalue weighted by Gasteiger charge is 2.10. The summed E-state index contributed by atoms with van der Waals surface area (Å²) in [7, 11) is 0. The number of aryl methyl sites for hydroxylation is 1. The molecule has 21 heavy (non-hydrogen) atoms. The smallest absolute Gasteiger partial charge is 0.267 e. The molecule has 0 spiro atoms. The fourth-order valence-electron chi connectivity index (χ4n) is 1.96. The number of rotatable bonds is 6. The van der Waals surface area contributed by atoms with Crippen LogP contribution in [-0.4, -0.2) is 22.0 Å². The Morgan fingerprint density at radius 3 is 2.86 bits per heavy atom. The van der Waals surface area contributed by atoms with E-state index >= 15 is 0 Å². The molecule has 1 aromatic heterocycles. The highest BCUT2D eigenvalue weighted by Crippen LogP contribution is 2.28. The zero-order valence-corrected chi connectivity index (χ0v) is 12.3. The minimum Gasteiger partial charge on any atom is -0.493 e. The number of para-hydroxylation sites is 1. The zero-order valence-electron chi connectivity index (χ0n) is 11.6. The van der Waals surface area contributed by atoms with Crippen molar-refractivity contribution in [3.63, 3.8) is 0 Å². The van der Waals surface area contributed by atoms with E-state index in [1.54, 1.807) is 6.07 Å². The van der Waals surface area contributed by atoms with Crippen molar-refractivity contribution in [3.05, 3.63) is 46.2 Å². The molecule has 0 saturated heterocycles. The first-order valence-corrected chi connectivity index (χ1v) is 6.98. The van der Waals surface area contributed by atoms with Crippen LogP contribution in [0.2, 0.25) is 0 Å². The number of nitrogens with one attached hydrogen (secondary N) is 1. The van der Waals surface area contributed by atoms with E-state index in [9.17, 15) is 9.59 Å². The van der Waals surface area contributed by atoms with E-state index in [0.29, 0.717) is 23.6 Å². The Morgan fingerprint density at radius 2 is 2.14 bits per heavy atom. The second-order valence-electron chi connectivity index (χ2n) is 4.39. The number of H-pyrrole nitrogens is 1. The summed E-state index contributed by atoms with van der Waals surface area (Å²) < 4.78 is 5.55. The lowest BCUT2D eigenvalue weighted by molar-refractivity contribution is -0.111. The van der Waals surface area contributed by atoms with Gasteiger partial charge in [-0.05, 0) is 43.1 Å². The van der Waals surface area contributed by atoms with Crippen molar-refractivity contribution in [2.75, 3.05) is 6.61 Å². The third-order valence-corrected chi connectivity index (χ3v) is 3.12. The third-order valence-electron chi connectivity index (χ3n) is 2.93. The number of carbonyl (C=O) groups excluding carboxylic acids is 1. The van der Waals surface area contributed by atoms with Gasteiger partial charge >= 0.3 is 0 Å². The molecule has 1 N–H and O–H groups in total. The highest BCUT2D eigenvalue weighted by atomic mass is 35.5. The lowest BCUT2D eigenvalue weighted by Gasteiger charge is -2.09. The van der Waals surface area contributed by atoms with Crippen LogP contribution in [0.25, 0.3) is 11.3 Å². The van der Waals surface area contributed by atoms with E-state index in [0.717, 1.165) is 5.56 Å². The third kappa shape index (κ3) is 3.92. The number of carbonyl (C=O) groups is 1. The molecule has 0 saturated carbocycles. The number of hydrogen-bond donors (Lipinski definition) is 1. The summed E-state index contributed by atoms with van der Waals surface area (Å²) in [5.74, 6) is 0.693. The van der Waals surface area contributed by atoms with Gasteiger partial charge < -0.3 is 4.74 Å². The van der Waals surface area contributed by atoms with Crippen molar-refractivity contribution in [3.8, 4) is 17.0 Å². The molecule has 0 radical (unpaired) electrons. The Bertz CT molecular complexity index is 697. The van der Waals surface area contributed by atoms with Crippen LogP contribution in [0.15, 0.2) is 35.1 Å². The Kier molecular flexibility index (Phi) is 5.11. The van der Waals surface area contributed by atoms with Crippen molar-refractivity contribution in [2.24, 2.45) is 0 Å². The topological polar surface area (TPSA) is 72.1 Å². The van der Waals surface area contributed by atoms with Crippen molar-refractivity contribution in [2.45, 2.75) is 19.8 Å². The first-order chi connectivity index (χ1) is 10.1. The number of hydrogen-bond acceptors (Lipinski definition) is 4. The fraction of sp³-hybridized carbons (Fsp3) is 0.267. The fourth-order valence-corrected chi connectivity index (χ4v) is 2.06. The Balaban J connectivity index is 2.38. The van der Waals surface area contributed by atoms with Gasteiger partial charge in [0.1, 0.15) is 5.75 Å². The lowest BCUT2D eigenvalue weighted by Crippen LogP contribution is -2.15. The van der Waals surface area contributed by atoms with Gasteiger partial charge in [-0.3, -0.25) is 9.59 Å². The van der Waals surface area contributed by atoms with Gasteiger partial charge in [0.05, 0.1) is 12.3 Å². The molecule has 2 rings (SSSR count). The Hall–Kier alpha value is -2.14. The molecule has 1 aromatic carbocycles. The standard InChI is InChI=1S/C15H15ClN2O3/c1-2-21-13-6-4-3-5-11(13)12-9-10(7-8-14(16)19)15(20)18-17-12/h3-6,9H,2,7-8H2,1H3,(H,18,20). The van der Waals surface area contributed by atoms with E-state index in [4.69, 9.17) is 16.3 Å². The molecular weight excluding hydrogens is 292 g/mol. The average Bonchev–Trinajstić information content (AvgIpc) is 2.47. The second kappa shape index (κ2) is 7.04. The van der Waals surface area contributed by atoms with Gasteiger partial charge in [0.15, 0.2) is 0 Å². The molecule has 0 aliphatic rings. The highest BCUT2D eigenvalue weighted by molar-refractivity contribution is 6.63. The quantitative estimate of drug-likeness (QED) is 0.832. The first kappa shape index (κ1) is 15.3. The van der Waals surface area contributed by atoms with E-state index in [1.165, 1.54) is 0 Å². The summed E-state index contributed by atoms with van der Waals surface area (Å²) in [5.41, 5.74) is 1.54. The number of aromatic amines is 1. The summed E-state index contributed by atoms with van der Waals surface area (Å²) in [6.07, 6.45) is 0.394. The van der Waals surface area contributed by atoms with Crippen LogP contribution in [0, 0.1) is 0 Å². The summed E-state index contributed by atoms with van der Waals surface area (Å²) in [5, 5.41) is 6.02. The van der Waals surface area contributed by atoms with Gasteiger partial charge in [0.25, 0.3) is 5.56 Å². The molecule has 0 unspecified atom stereocenters. The van der Waals surface area contributed by atoms with E-state index < -0.39 is 5.24 Å². The summed E-state index contributed by atoms with van der Waals surface area (Å²) in [6, 6.07) is 9.10. The van der Waals surface area contributed by atoms with E-state index in [-0.39, 0.29) is 18.4 Å². The van der Waals surface area contributed by atoms with Crippen molar-refractivity contribution >= 4 is 16.8 Å². The summed E-state index contributed by atoms with van der Waals surface area (Å²) in [6.45, 7) is 2.43. The maximum absolute atomic E-state index is 11.7. The molecule has 0 fully saturated rings. The Morgan fingerprint density at radius 1 is 1.38 bits per heavy atom. The van der Waals surface area contributed by atoms with Crippen LogP contribution < -0.4 is 10.3 Å². The van der Waals surface area contributed by atoms with Gasteiger partial charge in [0.2, 0.25) is 5.24 Å². The maximum atomic E-state index is 11.7. The van der Waals surface area contributed by atoms with E-state index in [1.807, 2.05) is 31.2 Å². The zero-order chi connectivity index (χ0) is 15.2. The van der Waals surface area contributed by atoms with E-state index in [2.05, 4.69) is 10.2 Å². The molecule has 2 aromatic rings. The molecule has 0 bridgehead atoms.